The third kappa shape index (κ3) is 8.26. The molecule has 5 aliphatic rings. The fourth-order valence-electron chi connectivity index (χ4n) is 9.29. The zero-order valence-corrected chi connectivity index (χ0v) is 35.3. The van der Waals surface area contributed by atoms with E-state index in [0.717, 1.165) is 90.3 Å². The van der Waals surface area contributed by atoms with E-state index >= 15 is 0 Å². The summed E-state index contributed by atoms with van der Waals surface area (Å²) in [5.74, 6) is 2.37. The van der Waals surface area contributed by atoms with E-state index in [-0.39, 0.29) is 11.8 Å². The lowest BCUT2D eigenvalue weighted by molar-refractivity contribution is -0.404. The van der Waals surface area contributed by atoms with Gasteiger partial charge in [0.25, 0.3) is 0 Å². The highest BCUT2D eigenvalue weighted by molar-refractivity contribution is 5.82. The van der Waals surface area contributed by atoms with Crippen LogP contribution in [0, 0.1) is 22.3 Å². The van der Waals surface area contributed by atoms with E-state index in [1.54, 1.807) is 26.6 Å². The number of hydrogen-bond donors (Lipinski definition) is 1. The number of nitrogen functional groups attached to an aromatic ring is 1. The van der Waals surface area contributed by atoms with Gasteiger partial charge in [0, 0.05) is 62.8 Å². The van der Waals surface area contributed by atoms with Crippen molar-refractivity contribution in [3.05, 3.63) is 130 Å². The number of ether oxygens (including phenoxy) is 4. The minimum absolute atomic E-state index is 0.00959. The maximum absolute atomic E-state index is 13.5. The molecule has 2 aliphatic carbocycles. The van der Waals surface area contributed by atoms with Crippen molar-refractivity contribution in [1.82, 2.24) is 14.0 Å². The molecule has 0 saturated carbocycles. The summed E-state index contributed by atoms with van der Waals surface area (Å²) in [4.78, 5) is 4.81. The average molecular weight is 826 g/mol. The van der Waals surface area contributed by atoms with Crippen molar-refractivity contribution in [2.45, 2.75) is 45.2 Å². The summed E-state index contributed by atoms with van der Waals surface area (Å²) in [5, 5.41) is 26.8. The molecule has 2 atom stereocenters. The van der Waals surface area contributed by atoms with Crippen molar-refractivity contribution >= 4 is 35.0 Å². The first-order valence-corrected chi connectivity index (χ1v) is 21.4. The molecule has 0 spiro atoms. The number of hydrogen-bond acceptors (Lipinski definition) is 9. The number of likely N-dealkylation sites (N-methyl/N-ethyl adjacent to an activating group) is 1. The van der Waals surface area contributed by atoms with Crippen LogP contribution in [0.3, 0.4) is 0 Å². The highest BCUT2D eigenvalue weighted by atomic mass is 16.5. The summed E-state index contributed by atoms with van der Waals surface area (Å²) in [6.45, 7) is 6.46. The summed E-state index contributed by atoms with van der Waals surface area (Å²) >= 11 is 0. The normalized spacial score (nSPS) is 19.9. The average Bonchev–Trinajstić information content (AvgIpc) is 3.67. The monoisotopic (exact) mass is 825 g/mol. The van der Waals surface area contributed by atoms with Crippen molar-refractivity contribution in [1.29, 1.82) is 0 Å². The van der Waals surface area contributed by atoms with Crippen LogP contribution < -0.4 is 29.6 Å². The van der Waals surface area contributed by atoms with Crippen LogP contribution >= 0.6 is 0 Å². The molecule has 1 saturated heterocycles. The van der Waals surface area contributed by atoms with Crippen LogP contribution in [0.25, 0.3) is 11.1 Å². The van der Waals surface area contributed by atoms with Gasteiger partial charge in [-0.1, -0.05) is 36.4 Å². The van der Waals surface area contributed by atoms with Crippen LogP contribution in [0.1, 0.15) is 54.6 Å². The molecule has 5 heterocycles. The van der Waals surface area contributed by atoms with E-state index in [4.69, 9.17) is 24.7 Å². The Balaban J connectivity index is 0.777. The van der Waals surface area contributed by atoms with Gasteiger partial charge < -0.3 is 54.0 Å². The molecule has 2 aromatic carbocycles. The summed E-state index contributed by atoms with van der Waals surface area (Å²) in [6, 6.07) is 16.7. The Labute approximate surface area is 357 Å². The number of rotatable bonds is 13. The molecule has 0 radical (unpaired) electrons. The van der Waals surface area contributed by atoms with Gasteiger partial charge in [-0.15, -0.1) is 0 Å². The summed E-state index contributed by atoms with van der Waals surface area (Å²) in [5.41, 5.74) is 15.5. The topological polar surface area (TPSA) is 131 Å². The van der Waals surface area contributed by atoms with Gasteiger partial charge in [0.05, 0.1) is 51.7 Å². The number of fused-ring (bicyclic) bond motifs is 4. The summed E-state index contributed by atoms with van der Waals surface area (Å²) in [7, 11) is 5.40. The van der Waals surface area contributed by atoms with Crippen LogP contribution in [-0.4, -0.2) is 96.6 Å². The molecule has 318 valence electrons. The first-order chi connectivity index (χ1) is 29.8. The standard InChI is InChI=1S/C48H55N7O6/c1-50-18-20-51(21-19-50)40-14-10-33(11-15-40)35-12-16-41-37(24-35)27-52-31-45(47(58-2)43(52)29-54(41)56)60-22-5-4-6-23-61-46-32-53-28-38-25-36(34-8-7-9-39(49)26-34)13-17-42(38)55(57)30-44(53)48(46)59-3/h7-17,26,29-32,37-38H,4-6,18-25,27-28,49H2,1-3H3. The number of anilines is 2. The highest BCUT2D eigenvalue weighted by Crippen LogP contribution is 2.41. The predicted octanol–water partition coefficient (Wildman–Crippen LogP) is 7.13. The van der Waals surface area contributed by atoms with Crippen LogP contribution in [0.2, 0.25) is 0 Å². The lowest BCUT2D eigenvalue weighted by Crippen LogP contribution is -2.44. The Morgan fingerprint density at radius 3 is 1.74 bits per heavy atom. The fraction of sp³-hybridized carbons (Fsp3) is 0.375. The molecule has 4 aromatic rings. The SMILES string of the molecule is COc1c(OCCCCCOc2cn3c(c2OC)C=[N+]([O-])C2=CC=C(c4cccc(N)c4)CC2C3)cn2c1C=[N+]([O-])C1=CC=C(c3ccc(N4CCN(C)CC4)cc3)CC1C2. The van der Waals surface area contributed by atoms with E-state index < -0.39 is 0 Å². The molecular weight excluding hydrogens is 771 g/mol. The molecule has 2 N–H and O–H groups in total. The predicted molar refractivity (Wildman–Crippen MR) is 240 cm³/mol. The molecule has 2 unspecified atom stereocenters. The molecule has 1 fully saturated rings. The van der Waals surface area contributed by atoms with Crippen molar-refractivity contribution in [2.75, 3.05) is 71.3 Å². The van der Waals surface area contributed by atoms with Gasteiger partial charge >= 0.3 is 0 Å². The van der Waals surface area contributed by atoms with E-state index in [1.165, 1.54) is 16.8 Å². The molecule has 61 heavy (non-hydrogen) atoms. The quantitative estimate of drug-likeness (QED) is 0.0648. The Bertz CT molecular complexity index is 2460. The number of nitrogens with two attached hydrogens (primary N) is 1. The number of allylic oxidation sites excluding steroid dienone is 8. The van der Waals surface area contributed by atoms with Gasteiger partial charge in [-0.05, 0) is 85.7 Å². The molecule has 3 aliphatic heterocycles. The van der Waals surface area contributed by atoms with Gasteiger partial charge in [-0.3, -0.25) is 0 Å². The van der Waals surface area contributed by atoms with Crippen LogP contribution in [-0.2, 0) is 13.1 Å². The second kappa shape index (κ2) is 17.3. The number of aromatic nitrogens is 2. The van der Waals surface area contributed by atoms with Gasteiger partial charge in [0.15, 0.2) is 45.8 Å². The molecular formula is C48H55N7O6. The minimum atomic E-state index is -0.0133. The van der Waals surface area contributed by atoms with Crippen molar-refractivity contribution < 1.29 is 28.4 Å². The second-order valence-electron chi connectivity index (χ2n) is 16.6. The largest absolute Gasteiger partial charge is 0.618 e. The van der Waals surface area contributed by atoms with Gasteiger partial charge in [-0.2, -0.15) is 9.48 Å². The fourth-order valence-corrected chi connectivity index (χ4v) is 9.29. The number of hydroxylamine groups is 2. The summed E-state index contributed by atoms with van der Waals surface area (Å²) in [6.07, 6.45) is 19.1. The smallest absolute Gasteiger partial charge is 0.208 e. The molecule has 13 nitrogen and oxygen atoms in total. The summed E-state index contributed by atoms with van der Waals surface area (Å²) < 4.78 is 30.2. The van der Waals surface area contributed by atoms with Crippen LogP contribution in [0.15, 0.2) is 96.6 Å². The lowest BCUT2D eigenvalue weighted by Gasteiger charge is -2.34. The van der Waals surface area contributed by atoms with Crippen LogP contribution in [0.5, 0.6) is 23.0 Å². The lowest BCUT2D eigenvalue weighted by atomic mass is 9.87. The Kier molecular flexibility index (Phi) is 11.4. The maximum Gasteiger partial charge on any atom is 0.208 e. The van der Waals surface area contributed by atoms with E-state index in [1.807, 2.05) is 48.8 Å². The van der Waals surface area contributed by atoms with Crippen molar-refractivity contribution in [2.24, 2.45) is 11.8 Å². The minimum Gasteiger partial charge on any atom is -0.618 e. The third-order valence-corrected chi connectivity index (χ3v) is 12.7. The van der Waals surface area contributed by atoms with E-state index in [9.17, 15) is 10.4 Å². The van der Waals surface area contributed by atoms with Gasteiger partial charge in [0.2, 0.25) is 12.4 Å². The molecule has 0 amide bonds. The Morgan fingerprint density at radius 1 is 0.672 bits per heavy atom. The number of methoxy groups -OCH3 is 2. The molecule has 2 aromatic heterocycles. The molecule has 9 rings (SSSR count). The third-order valence-electron chi connectivity index (χ3n) is 12.7. The van der Waals surface area contributed by atoms with Gasteiger partial charge in [0.1, 0.15) is 0 Å². The number of piperazine rings is 1. The molecule has 0 bridgehead atoms. The zero-order chi connectivity index (χ0) is 42.0. The van der Waals surface area contributed by atoms with Crippen molar-refractivity contribution in [3.63, 3.8) is 0 Å². The zero-order valence-electron chi connectivity index (χ0n) is 35.3. The van der Waals surface area contributed by atoms with Crippen molar-refractivity contribution in [3.8, 4) is 23.0 Å². The second-order valence-corrected chi connectivity index (χ2v) is 16.6. The van der Waals surface area contributed by atoms with Crippen LogP contribution in [0.4, 0.5) is 11.4 Å². The number of nitrogens with zero attached hydrogens (tertiary/aromatic N) is 6. The Hall–Kier alpha value is -6.34. The van der Waals surface area contributed by atoms with Gasteiger partial charge in [-0.25, -0.2) is 0 Å². The number of benzene rings is 2. The highest BCUT2D eigenvalue weighted by Gasteiger charge is 2.34. The van der Waals surface area contributed by atoms with E-state index in [0.29, 0.717) is 66.4 Å². The molecule has 13 heteroatoms. The Morgan fingerprint density at radius 2 is 1.21 bits per heavy atom. The van der Waals surface area contributed by atoms with E-state index in [2.05, 4.69) is 62.4 Å². The number of unbranched alkanes of at least 4 members (excludes halogenated alkanes) is 2. The maximum atomic E-state index is 13.5. The first-order valence-electron chi connectivity index (χ1n) is 21.4. The first kappa shape index (κ1) is 40.1.